The van der Waals surface area contributed by atoms with Gasteiger partial charge in [0, 0.05) is 23.7 Å². The highest BCUT2D eigenvalue weighted by Crippen LogP contribution is 2.31. The first-order valence-corrected chi connectivity index (χ1v) is 7.43. The molecule has 2 aliphatic rings. The van der Waals surface area contributed by atoms with Gasteiger partial charge in [-0.05, 0) is 63.9 Å². The fraction of sp³-hybridized carbons (Fsp3) is 0.562. The maximum Gasteiger partial charge on any atom is 0.128 e. The molecule has 3 rings (SSSR count). The topological polar surface area (TPSA) is 15.3 Å². The van der Waals surface area contributed by atoms with Gasteiger partial charge >= 0.3 is 0 Å². The van der Waals surface area contributed by atoms with Gasteiger partial charge in [0.05, 0.1) is 0 Å². The monoisotopic (exact) mass is 279 g/mol. The van der Waals surface area contributed by atoms with E-state index in [0.717, 1.165) is 25.9 Å². The Bertz CT molecular complexity index is 472. The van der Waals surface area contributed by atoms with E-state index in [1.807, 2.05) is 0 Å². The minimum Gasteiger partial charge on any atom is -0.305 e. The Kier molecular flexibility index (Phi) is 4.03. The van der Waals surface area contributed by atoms with E-state index in [4.69, 9.17) is 0 Å². The predicted molar refractivity (Wildman–Crippen MR) is 75.2 cm³/mol. The summed E-state index contributed by atoms with van der Waals surface area (Å²) in [5.74, 6) is -0.705. The Hall–Kier alpha value is -1.00. The van der Waals surface area contributed by atoms with Crippen LogP contribution in [0.3, 0.4) is 0 Å². The van der Waals surface area contributed by atoms with Crippen molar-refractivity contribution in [3.8, 4) is 0 Å². The van der Waals surface area contributed by atoms with Crippen molar-refractivity contribution in [2.45, 2.75) is 43.8 Å². The van der Waals surface area contributed by atoms with Crippen molar-refractivity contribution >= 4 is 0 Å². The summed E-state index contributed by atoms with van der Waals surface area (Å²) in [6.45, 7) is 6.47. The third-order valence-electron chi connectivity index (χ3n) is 4.59. The summed E-state index contributed by atoms with van der Waals surface area (Å²) >= 11 is 0. The van der Waals surface area contributed by atoms with Crippen molar-refractivity contribution in [1.29, 1.82) is 0 Å². The molecule has 2 fully saturated rings. The first-order chi connectivity index (χ1) is 9.65. The van der Waals surface area contributed by atoms with Crippen molar-refractivity contribution in [3.05, 3.63) is 42.3 Å². The Morgan fingerprint density at radius 1 is 1.20 bits per heavy atom. The van der Waals surface area contributed by atoms with Crippen molar-refractivity contribution in [3.63, 3.8) is 0 Å². The molecule has 109 valence electrons. The lowest BCUT2D eigenvalue weighted by atomic mass is 10.0. The van der Waals surface area contributed by atoms with E-state index in [-0.39, 0.29) is 29.8 Å². The van der Waals surface area contributed by atoms with Crippen LogP contribution in [0.15, 0.2) is 18.2 Å². The minimum absolute atomic E-state index is 0.0949. The quantitative estimate of drug-likeness (QED) is 0.915. The Labute approximate surface area is 119 Å². The highest BCUT2D eigenvalue weighted by Gasteiger charge is 2.33. The van der Waals surface area contributed by atoms with Gasteiger partial charge in [0.15, 0.2) is 0 Å². The molecular weight excluding hydrogens is 258 g/mol. The maximum absolute atomic E-state index is 13.8. The van der Waals surface area contributed by atoms with Gasteiger partial charge in [0.1, 0.15) is 11.6 Å². The van der Waals surface area contributed by atoms with Crippen LogP contribution in [0, 0.1) is 18.6 Å². The van der Waals surface area contributed by atoms with Gasteiger partial charge in [0.2, 0.25) is 0 Å². The van der Waals surface area contributed by atoms with Crippen LogP contribution >= 0.6 is 0 Å². The van der Waals surface area contributed by atoms with E-state index in [0.29, 0.717) is 5.56 Å². The third-order valence-corrected chi connectivity index (χ3v) is 4.59. The Balaban J connectivity index is 1.68. The van der Waals surface area contributed by atoms with Crippen LogP contribution in [0.4, 0.5) is 8.78 Å². The number of rotatable bonds is 3. The van der Waals surface area contributed by atoms with Crippen LogP contribution in [-0.4, -0.2) is 30.1 Å². The average Bonchev–Trinajstić information content (AvgIpc) is 3.11. The molecule has 0 aromatic heterocycles. The van der Waals surface area contributed by atoms with Crippen molar-refractivity contribution in [1.82, 2.24) is 10.2 Å². The van der Waals surface area contributed by atoms with E-state index < -0.39 is 0 Å². The van der Waals surface area contributed by atoms with Crippen molar-refractivity contribution in [2.24, 2.45) is 0 Å². The van der Waals surface area contributed by atoms with E-state index in [9.17, 15) is 8.78 Å². The molecule has 0 aliphatic carbocycles. The number of benzene rings is 1. The first kappa shape index (κ1) is 14.0. The van der Waals surface area contributed by atoms with Crippen LogP contribution in [0.2, 0.25) is 0 Å². The van der Waals surface area contributed by atoms with Gasteiger partial charge < -0.3 is 5.32 Å². The van der Waals surface area contributed by atoms with E-state index in [2.05, 4.69) is 17.1 Å². The fourth-order valence-electron chi connectivity index (χ4n) is 3.43. The first-order valence-electron chi connectivity index (χ1n) is 7.43. The number of hydrogen-bond donors (Lipinski definition) is 1. The molecule has 4 heteroatoms. The predicted octanol–water partition coefficient (Wildman–Crippen LogP) is 3.06. The molecule has 1 aromatic rings. The molecule has 0 saturated carbocycles. The second-order valence-corrected chi connectivity index (χ2v) is 5.88. The minimum atomic E-state index is -0.377. The molecule has 2 unspecified atom stereocenters. The lowest BCUT2D eigenvalue weighted by molar-refractivity contribution is 0.235. The van der Waals surface area contributed by atoms with Gasteiger partial charge in [-0.2, -0.15) is 0 Å². The van der Waals surface area contributed by atoms with Gasteiger partial charge in [-0.3, -0.25) is 4.90 Å². The molecule has 1 aromatic carbocycles. The van der Waals surface area contributed by atoms with E-state index in [1.165, 1.54) is 31.0 Å². The molecule has 1 radical (unpaired) electrons. The largest absolute Gasteiger partial charge is 0.305 e. The molecule has 2 aliphatic heterocycles. The van der Waals surface area contributed by atoms with Crippen LogP contribution in [0.1, 0.15) is 37.3 Å². The van der Waals surface area contributed by atoms with E-state index in [1.54, 1.807) is 0 Å². The standard InChI is InChI=1S/C16H21F2N2/c1-11(20-8-2-3-9-20)15-6-7-16(19-15)13-10-12(17)4-5-14(13)18/h4-5,10-11,15-16,19H,1-3,6-9H2/t11?,15?,16-/m1/s1. The molecular formula is C16H21F2N2. The van der Waals surface area contributed by atoms with Crippen molar-refractivity contribution < 1.29 is 8.78 Å². The highest BCUT2D eigenvalue weighted by molar-refractivity contribution is 5.23. The second kappa shape index (κ2) is 5.78. The molecule has 0 bridgehead atoms. The lowest BCUT2D eigenvalue weighted by Gasteiger charge is -2.29. The summed E-state index contributed by atoms with van der Waals surface area (Å²) in [5, 5.41) is 3.44. The number of hydrogen-bond acceptors (Lipinski definition) is 2. The van der Waals surface area contributed by atoms with Gasteiger partial charge in [-0.1, -0.05) is 0 Å². The summed E-state index contributed by atoms with van der Waals surface area (Å²) < 4.78 is 27.1. The van der Waals surface area contributed by atoms with Gasteiger partial charge in [-0.15, -0.1) is 0 Å². The number of nitrogens with one attached hydrogen (secondary N) is 1. The third kappa shape index (κ3) is 2.72. The zero-order chi connectivity index (χ0) is 14.1. The summed E-state index contributed by atoms with van der Waals surface area (Å²) in [6.07, 6.45) is 4.28. The second-order valence-electron chi connectivity index (χ2n) is 5.88. The number of likely N-dealkylation sites (tertiary alicyclic amines) is 1. The molecule has 3 atom stereocenters. The molecule has 0 amide bonds. The Morgan fingerprint density at radius 2 is 1.95 bits per heavy atom. The van der Waals surface area contributed by atoms with Crippen LogP contribution in [0.5, 0.6) is 0 Å². The highest BCUT2D eigenvalue weighted by atomic mass is 19.1. The van der Waals surface area contributed by atoms with Crippen LogP contribution < -0.4 is 5.32 Å². The summed E-state index contributed by atoms with van der Waals surface area (Å²) in [7, 11) is 0. The normalized spacial score (nSPS) is 28.9. The van der Waals surface area contributed by atoms with Gasteiger partial charge in [0.25, 0.3) is 0 Å². The van der Waals surface area contributed by atoms with Crippen molar-refractivity contribution in [2.75, 3.05) is 13.1 Å². The smallest absolute Gasteiger partial charge is 0.128 e. The molecule has 2 nitrogen and oxygen atoms in total. The van der Waals surface area contributed by atoms with Crippen LogP contribution in [0.25, 0.3) is 0 Å². The molecule has 20 heavy (non-hydrogen) atoms. The van der Waals surface area contributed by atoms with E-state index >= 15 is 0 Å². The molecule has 0 spiro atoms. The zero-order valence-electron chi connectivity index (χ0n) is 11.6. The van der Waals surface area contributed by atoms with Crippen LogP contribution in [-0.2, 0) is 0 Å². The molecule has 1 N–H and O–H groups in total. The fourth-order valence-corrected chi connectivity index (χ4v) is 3.43. The molecule has 2 saturated heterocycles. The van der Waals surface area contributed by atoms with Gasteiger partial charge in [-0.25, -0.2) is 8.78 Å². The summed E-state index contributed by atoms with van der Waals surface area (Å²) in [4.78, 5) is 2.39. The summed E-state index contributed by atoms with van der Waals surface area (Å²) in [6, 6.07) is 4.08. The maximum atomic E-state index is 13.8. The lowest BCUT2D eigenvalue weighted by Crippen LogP contribution is -2.45. The molecule has 2 heterocycles. The number of nitrogens with zero attached hydrogens (tertiary/aromatic N) is 1. The average molecular weight is 279 g/mol. The zero-order valence-corrected chi connectivity index (χ0v) is 11.6. The summed E-state index contributed by atoms with van der Waals surface area (Å²) in [5.41, 5.74) is 0.445. The Morgan fingerprint density at radius 3 is 2.70 bits per heavy atom. The number of halogens is 2. The SMILES string of the molecule is [CH2]C(C1CC[C@H](c2cc(F)ccc2F)N1)N1CCCC1.